The first-order valence-corrected chi connectivity index (χ1v) is 9.32. The molecule has 0 atom stereocenters. The van der Waals surface area contributed by atoms with Crippen molar-refractivity contribution in [2.45, 2.75) is 0 Å². The number of hydrogen-bond donors (Lipinski definition) is 1. The zero-order valence-electron chi connectivity index (χ0n) is 15.6. The van der Waals surface area contributed by atoms with Gasteiger partial charge < -0.3 is 19.7 Å². The number of rotatable bonds is 4. The number of methoxy groups -OCH3 is 1. The second-order valence-corrected chi connectivity index (χ2v) is 6.76. The highest BCUT2D eigenvalue weighted by Gasteiger charge is 2.11. The van der Waals surface area contributed by atoms with Crippen LogP contribution in [0.5, 0.6) is 5.75 Å². The molecule has 0 aliphatic carbocycles. The molecule has 0 unspecified atom stereocenters. The zero-order valence-corrected chi connectivity index (χ0v) is 15.6. The van der Waals surface area contributed by atoms with Crippen molar-refractivity contribution in [2.24, 2.45) is 0 Å². The van der Waals surface area contributed by atoms with Crippen molar-refractivity contribution in [3.8, 4) is 5.75 Å². The molecule has 0 amide bonds. The summed E-state index contributed by atoms with van der Waals surface area (Å²) in [5, 5.41) is 9.02. The Hall–Kier alpha value is -3.32. The third-order valence-electron chi connectivity index (χ3n) is 5.02. The highest BCUT2D eigenvalue weighted by atomic mass is 16.5. The van der Waals surface area contributed by atoms with E-state index in [1.807, 2.05) is 28.9 Å². The van der Waals surface area contributed by atoms with E-state index in [1.54, 1.807) is 7.11 Å². The van der Waals surface area contributed by atoms with Crippen molar-refractivity contribution in [2.75, 3.05) is 43.6 Å². The second-order valence-electron chi connectivity index (χ2n) is 6.76. The molecule has 0 spiro atoms. The van der Waals surface area contributed by atoms with Gasteiger partial charge in [-0.3, -0.25) is 0 Å². The van der Waals surface area contributed by atoms with Gasteiger partial charge in [-0.1, -0.05) is 0 Å². The average Bonchev–Trinajstić information content (AvgIpc) is 3.12. The van der Waals surface area contributed by atoms with Gasteiger partial charge in [0.05, 0.1) is 37.6 Å². The van der Waals surface area contributed by atoms with Crippen molar-refractivity contribution >= 4 is 33.7 Å². The predicted molar refractivity (Wildman–Crippen MR) is 110 cm³/mol. The van der Waals surface area contributed by atoms with Gasteiger partial charge in [-0.2, -0.15) is 0 Å². The summed E-state index contributed by atoms with van der Waals surface area (Å²) < 4.78 is 12.6. The van der Waals surface area contributed by atoms with Crippen molar-refractivity contribution < 1.29 is 9.47 Å². The number of aromatic nitrogens is 3. The lowest BCUT2D eigenvalue weighted by molar-refractivity contribution is 0.122. The Balaban J connectivity index is 1.40. The van der Waals surface area contributed by atoms with E-state index < -0.39 is 0 Å². The van der Waals surface area contributed by atoms with Gasteiger partial charge in [0.15, 0.2) is 0 Å². The monoisotopic (exact) mass is 375 g/mol. The van der Waals surface area contributed by atoms with Crippen LogP contribution in [0.1, 0.15) is 0 Å². The quantitative estimate of drug-likeness (QED) is 0.589. The van der Waals surface area contributed by atoms with Crippen LogP contribution in [0, 0.1) is 0 Å². The maximum atomic E-state index is 5.42. The molecule has 1 aliphatic heterocycles. The lowest BCUT2D eigenvalue weighted by Gasteiger charge is -2.28. The third-order valence-corrected chi connectivity index (χ3v) is 5.02. The lowest BCUT2D eigenvalue weighted by Crippen LogP contribution is -2.36. The summed E-state index contributed by atoms with van der Waals surface area (Å²) in [6.07, 6.45) is 1.82. The van der Waals surface area contributed by atoms with Gasteiger partial charge in [0.25, 0.3) is 0 Å². The van der Waals surface area contributed by atoms with E-state index in [1.165, 1.54) is 5.69 Å². The van der Waals surface area contributed by atoms with Crippen LogP contribution in [0.25, 0.3) is 16.4 Å². The van der Waals surface area contributed by atoms with E-state index in [0.717, 1.165) is 54.2 Å². The number of benzene rings is 2. The fraction of sp³-hybridized carbons (Fsp3) is 0.238. The maximum Gasteiger partial charge on any atom is 0.245 e. The van der Waals surface area contributed by atoms with Crippen molar-refractivity contribution in [1.29, 1.82) is 0 Å². The molecule has 7 nitrogen and oxygen atoms in total. The van der Waals surface area contributed by atoms with Crippen LogP contribution in [-0.4, -0.2) is 48.0 Å². The molecule has 7 heteroatoms. The molecule has 5 rings (SSSR count). The zero-order chi connectivity index (χ0) is 18.9. The number of nitrogens with one attached hydrogen (secondary N) is 1. The van der Waals surface area contributed by atoms with E-state index in [0.29, 0.717) is 5.95 Å². The normalized spacial score (nSPS) is 14.5. The summed E-state index contributed by atoms with van der Waals surface area (Å²) in [5.74, 6) is 1.38. The minimum Gasteiger partial charge on any atom is -0.497 e. The van der Waals surface area contributed by atoms with Gasteiger partial charge in [-0.05, 0) is 48.5 Å². The summed E-state index contributed by atoms with van der Waals surface area (Å²) >= 11 is 0. The largest absolute Gasteiger partial charge is 0.497 e. The van der Waals surface area contributed by atoms with Crippen LogP contribution >= 0.6 is 0 Å². The van der Waals surface area contributed by atoms with E-state index >= 15 is 0 Å². The standard InChI is InChI=1S/C21H21N5O2/c1-27-19-6-7-20-15(13-19)12-18-14-22-21(24-26(18)20)23-16-2-4-17(5-3-16)25-8-10-28-11-9-25/h2-7,12-14H,8-11H2,1H3,(H,23,24). The number of nitrogens with zero attached hydrogens (tertiary/aromatic N) is 4. The molecule has 3 heterocycles. The molecule has 1 aliphatic rings. The van der Waals surface area contributed by atoms with Crippen LogP contribution in [0.15, 0.2) is 54.7 Å². The lowest BCUT2D eigenvalue weighted by atomic mass is 10.2. The Morgan fingerprint density at radius 3 is 2.64 bits per heavy atom. The van der Waals surface area contributed by atoms with E-state index in [-0.39, 0.29) is 0 Å². The minimum atomic E-state index is 0.556. The smallest absolute Gasteiger partial charge is 0.245 e. The molecule has 0 bridgehead atoms. The minimum absolute atomic E-state index is 0.556. The Morgan fingerprint density at radius 2 is 1.86 bits per heavy atom. The molecule has 4 aromatic rings. The summed E-state index contributed by atoms with van der Waals surface area (Å²) in [7, 11) is 1.67. The van der Waals surface area contributed by atoms with Gasteiger partial charge in [0.1, 0.15) is 5.75 Å². The number of anilines is 3. The van der Waals surface area contributed by atoms with E-state index in [2.05, 4.69) is 50.6 Å². The van der Waals surface area contributed by atoms with Crippen molar-refractivity contribution in [3.05, 3.63) is 54.7 Å². The summed E-state index contributed by atoms with van der Waals surface area (Å²) in [6.45, 7) is 3.42. The first kappa shape index (κ1) is 16.8. The topological polar surface area (TPSA) is 63.9 Å². The molecule has 28 heavy (non-hydrogen) atoms. The molecular formula is C21H21N5O2. The van der Waals surface area contributed by atoms with E-state index in [4.69, 9.17) is 9.47 Å². The predicted octanol–water partition coefficient (Wildman–Crippen LogP) is 3.47. The molecule has 2 aromatic heterocycles. The fourth-order valence-corrected chi connectivity index (χ4v) is 3.54. The summed E-state index contributed by atoms with van der Waals surface area (Å²) in [4.78, 5) is 6.78. The Bertz CT molecular complexity index is 1120. The maximum absolute atomic E-state index is 5.42. The van der Waals surface area contributed by atoms with Crippen molar-refractivity contribution in [1.82, 2.24) is 14.6 Å². The van der Waals surface area contributed by atoms with Crippen LogP contribution in [0.3, 0.4) is 0 Å². The highest BCUT2D eigenvalue weighted by molar-refractivity contribution is 5.87. The summed E-state index contributed by atoms with van der Waals surface area (Å²) in [5.41, 5.74) is 4.12. The Morgan fingerprint density at radius 1 is 1.04 bits per heavy atom. The van der Waals surface area contributed by atoms with Crippen LogP contribution in [0.2, 0.25) is 0 Å². The molecule has 0 radical (unpaired) electrons. The van der Waals surface area contributed by atoms with Gasteiger partial charge >= 0.3 is 0 Å². The van der Waals surface area contributed by atoms with Crippen molar-refractivity contribution in [3.63, 3.8) is 0 Å². The first-order valence-electron chi connectivity index (χ1n) is 9.32. The van der Waals surface area contributed by atoms with Crippen LogP contribution in [0.4, 0.5) is 17.3 Å². The molecule has 1 fully saturated rings. The fourth-order valence-electron chi connectivity index (χ4n) is 3.54. The SMILES string of the molecule is COc1ccc2c(c1)cc1cnc(Nc3ccc(N4CCOCC4)cc3)nn12. The number of morpholine rings is 1. The molecular weight excluding hydrogens is 354 g/mol. The summed E-state index contributed by atoms with van der Waals surface area (Å²) in [6, 6.07) is 16.3. The number of hydrogen-bond acceptors (Lipinski definition) is 6. The molecule has 2 aromatic carbocycles. The first-order chi connectivity index (χ1) is 13.8. The molecule has 1 N–H and O–H groups in total. The number of ether oxygens (including phenoxy) is 2. The van der Waals surface area contributed by atoms with Gasteiger partial charge in [0.2, 0.25) is 5.95 Å². The Labute approximate surface area is 162 Å². The highest BCUT2D eigenvalue weighted by Crippen LogP contribution is 2.25. The molecule has 1 saturated heterocycles. The molecule has 0 saturated carbocycles. The number of fused-ring (bicyclic) bond motifs is 3. The van der Waals surface area contributed by atoms with E-state index in [9.17, 15) is 0 Å². The third kappa shape index (κ3) is 3.10. The Kier molecular flexibility index (Phi) is 4.21. The van der Waals surface area contributed by atoms with Crippen LogP contribution in [-0.2, 0) is 4.74 Å². The van der Waals surface area contributed by atoms with Gasteiger partial charge in [-0.25, -0.2) is 9.50 Å². The van der Waals surface area contributed by atoms with Gasteiger partial charge in [-0.15, -0.1) is 5.10 Å². The second kappa shape index (κ2) is 7.01. The molecule has 142 valence electrons. The van der Waals surface area contributed by atoms with Gasteiger partial charge in [0, 0.05) is 29.9 Å². The average molecular weight is 375 g/mol. The van der Waals surface area contributed by atoms with Crippen LogP contribution < -0.4 is 15.0 Å².